The number of rotatable bonds is 4. The summed E-state index contributed by atoms with van der Waals surface area (Å²) in [5.41, 5.74) is 3.93. The average Bonchev–Trinajstić information content (AvgIpc) is 3.38. The van der Waals surface area contributed by atoms with Gasteiger partial charge in [0, 0.05) is 22.8 Å². The van der Waals surface area contributed by atoms with Crippen molar-refractivity contribution in [2.75, 3.05) is 6.79 Å². The third-order valence-corrected chi connectivity index (χ3v) is 5.76. The lowest BCUT2D eigenvalue weighted by molar-refractivity contribution is 0.174. The van der Waals surface area contributed by atoms with Gasteiger partial charge in [0.2, 0.25) is 12.7 Å². The SMILES string of the molecule is Cc1ccc2c(CSc3nnc(-c4ccc5c(c4)OCO5)o3)cc(=O)oc2c1C. The minimum atomic E-state index is -0.367. The van der Waals surface area contributed by atoms with E-state index in [-0.39, 0.29) is 12.4 Å². The Kier molecular flexibility index (Phi) is 4.28. The maximum absolute atomic E-state index is 12.0. The molecule has 0 bridgehead atoms. The topological polar surface area (TPSA) is 87.6 Å². The lowest BCUT2D eigenvalue weighted by Crippen LogP contribution is -2.01. The van der Waals surface area contributed by atoms with Crippen molar-refractivity contribution in [1.82, 2.24) is 10.2 Å². The Labute approximate surface area is 169 Å². The lowest BCUT2D eigenvalue weighted by atomic mass is 10.0. The molecular formula is C21H16N2O5S. The summed E-state index contributed by atoms with van der Waals surface area (Å²) in [6, 6.07) is 11.0. The second kappa shape index (κ2) is 6.97. The lowest BCUT2D eigenvalue weighted by Gasteiger charge is -2.07. The summed E-state index contributed by atoms with van der Waals surface area (Å²) >= 11 is 1.37. The minimum absolute atomic E-state index is 0.210. The van der Waals surface area contributed by atoms with E-state index in [0.29, 0.717) is 33.9 Å². The molecule has 0 saturated heterocycles. The van der Waals surface area contributed by atoms with Crippen molar-refractivity contribution in [3.05, 3.63) is 63.5 Å². The third-order valence-electron chi connectivity index (χ3n) is 4.89. The molecule has 4 aromatic rings. The number of aryl methyl sites for hydroxylation is 2. The fourth-order valence-corrected chi connectivity index (χ4v) is 3.95. The molecule has 146 valence electrons. The Morgan fingerprint density at radius 1 is 1.00 bits per heavy atom. The average molecular weight is 408 g/mol. The minimum Gasteiger partial charge on any atom is -0.454 e. The number of nitrogens with zero attached hydrogens (tertiary/aromatic N) is 2. The van der Waals surface area contributed by atoms with Gasteiger partial charge in [0.15, 0.2) is 11.5 Å². The molecule has 0 unspecified atom stereocenters. The maximum Gasteiger partial charge on any atom is 0.336 e. The molecule has 8 heteroatoms. The molecule has 1 aliphatic heterocycles. The van der Waals surface area contributed by atoms with Crippen LogP contribution in [0, 0.1) is 13.8 Å². The zero-order valence-corrected chi connectivity index (χ0v) is 16.5. The second-order valence-corrected chi connectivity index (χ2v) is 7.63. The van der Waals surface area contributed by atoms with Crippen molar-refractivity contribution in [2.45, 2.75) is 24.8 Å². The highest BCUT2D eigenvalue weighted by Crippen LogP contribution is 2.36. The standard InChI is InChI=1S/C21H16N2O5S/c1-11-3-5-15-14(8-18(24)27-19(15)12(11)2)9-29-21-23-22-20(28-21)13-4-6-16-17(7-13)26-10-25-16/h3-8H,9-10H2,1-2H3. The van der Waals surface area contributed by atoms with Crippen LogP contribution in [-0.4, -0.2) is 17.0 Å². The van der Waals surface area contributed by atoms with Gasteiger partial charge in [-0.1, -0.05) is 23.9 Å². The summed E-state index contributed by atoms with van der Waals surface area (Å²) in [6.07, 6.45) is 0. The van der Waals surface area contributed by atoms with Gasteiger partial charge < -0.3 is 18.3 Å². The van der Waals surface area contributed by atoms with E-state index in [1.807, 2.05) is 44.2 Å². The van der Waals surface area contributed by atoms with Crippen LogP contribution in [0.1, 0.15) is 16.7 Å². The Balaban J connectivity index is 1.40. The van der Waals surface area contributed by atoms with E-state index in [4.69, 9.17) is 18.3 Å². The van der Waals surface area contributed by atoms with E-state index in [9.17, 15) is 4.79 Å². The van der Waals surface area contributed by atoms with Gasteiger partial charge in [-0.15, -0.1) is 10.2 Å². The zero-order chi connectivity index (χ0) is 20.0. The molecule has 0 spiro atoms. The number of hydrogen-bond acceptors (Lipinski definition) is 8. The molecule has 2 aromatic heterocycles. The van der Waals surface area contributed by atoms with Crippen LogP contribution in [0.15, 0.2) is 55.2 Å². The van der Waals surface area contributed by atoms with Crippen LogP contribution in [0.3, 0.4) is 0 Å². The van der Waals surface area contributed by atoms with Crippen LogP contribution >= 0.6 is 11.8 Å². The molecule has 29 heavy (non-hydrogen) atoms. The molecule has 0 amide bonds. The normalized spacial score (nSPS) is 12.6. The number of fused-ring (bicyclic) bond motifs is 2. The van der Waals surface area contributed by atoms with Gasteiger partial charge in [-0.3, -0.25) is 0 Å². The van der Waals surface area contributed by atoms with E-state index in [1.165, 1.54) is 17.8 Å². The molecule has 7 nitrogen and oxygen atoms in total. The molecule has 2 aromatic carbocycles. The van der Waals surface area contributed by atoms with Crippen molar-refractivity contribution in [3.8, 4) is 23.0 Å². The van der Waals surface area contributed by atoms with Crippen LogP contribution in [-0.2, 0) is 5.75 Å². The molecule has 0 fully saturated rings. The first-order chi connectivity index (χ1) is 14.1. The number of thioether (sulfide) groups is 1. The molecule has 0 atom stereocenters. The molecule has 0 N–H and O–H groups in total. The first-order valence-electron chi connectivity index (χ1n) is 8.98. The van der Waals surface area contributed by atoms with Crippen LogP contribution in [0.4, 0.5) is 0 Å². The van der Waals surface area contributed by atoms with E-state index in [1.54, 1.807) is 0 Å². The third kappa shape index (κ3) is 3.25. The quantitative estimate of drug-likeness (QED) is 0.361. The molecule has 1 aliphatic rings. The van der Waals surface area contributed by atoms with Crippen molar-refractivity contribution in [3.63, 3.8) is 0 Å². The van der Waals surface area contributed by atoms with Crippen LogP contribution < -0.4 is 15.1 Å². The summed E-state index contributed by atoms with van der Waals surface area (Å²) < 4.78 is 21.9. The Morgan fingerprint density at radius 2 is 1.86 bits per heavy atom. The van der Waals surface area contributed by atoms with Crippen LogP contribution in [0.25, 0.3) is 22.4 Å². The van der Waals surface area contributed by atoms with E-state index < -0.39 is 0 Å². The Hall–Kier alpha value is -3.26. The Bertz CT molecular complexity index is 1290. The maximum atomic E-state index is 12.0. The van der Waals surface area contributed by atoms with Gasteiger partial charge in [-0.25, -0.2) is 4.79 Å². The van der Waals surface area contributed by atoms with Crippen molar-refractivity contribution < 1.29 is 18.3 Å². The van der Waals surface area contributed by atoms with Crippen LogP contribution in [0.2, 0.25) is 0 Å². The molecular weight excluding hydrogens is 392 g/mol. The van der Waals surface area contributed by atoms with Gasteiger partial charge in [0.1, 0.15) is 5.58 Å². The second-order valence-electron chi connectivity index (χ2n) is 6.70. The summed E-state index contributed by atoms with van der Waals surface area (Å²) in [4.78, 5) is 12.0. The van der Waals surface area contributed by atoms with Crippen LogP contribution in [0.5, 0.6) is 11.5 Å². The van der Waals surface area contributed by atoms with Gasteiger partial charge >= 0.3 is 5.63 Å². The number of aromatic nitrogens is 2. The first kappa shape index (κ1) is 17.8. The largest absolute Gasteiger partial charge is 0.454 e. The first-order valence-corrected chi connectivity index (χ1v) is 9.96. The van der Waals surface area contributed by atoms with Gasteiger partial charge in [-0.2, -0.15) is 0 Å². The molecule has 5 rings (SSSR count). The number of hydrogen-bond donors (Lipinski definition) is 0. The van der Waals surface area contributed by atoms with E-state index >= 15 is 0 Å². The number of ether oxygens (including phenoxy) is 2. The fourth-order valence-electron chi connectivity index (χ4n) is 3.20. The number of benzene rings is 2. The molecule has 3 heterocycles. The fraction of sp³-hybridized carbons (Fsp3) is 0.190. The molecule has 0 saturated carbocycles. The molecule has 0 radical (unpaired) electrons. The monoisotopic (exact) mass is 408 g/mol. The summed E-state index contributed by atoms with van der Waals surface area (Å²) in [6.45, 7) is 4.15. The Morgan fingerprint density at radius 3 is 2.76 bits per heavy atom. The summed E-state index contributed by atoms with van der Waals surface area (Å²) in [5, 5.41) is 9.56. The predicted octanol–water partition coefficient (Wildman–Crippen LogP) is 4.48. The highest BCUT2D eigenvalue weighted by Gasteiger charge is 2.17. The van der Waals surface area contributed by atoms with Crippen molar-refractivity contribution >= 4 is 22.7 Å². The van der Waals surface area contributed by atoms with E-state index in [2.05, 4.69) is 10.2 Å². The predicted molar refractivity (Wildman–Crippen MR) is 107 cm³/mol. The summed E-state index contributed by atoms with van der Waals surface area (Å²) in [7, 11) is 0. The van der Waals surface area contributed by atoms with Gasteiger partial charge in [-0.05, 0) is 48.7 Å². The molecule has 0 aliphatic carbocycles. The highest BCUT2D eigenvalue weighted by molar-refractivity contribution is 7.98. The summed E-state index contributed by atoms with van der Waals surface area (Å²) in [5.74, 6) is 2.26. The van der Waals surface area contributed by atoms with Gasteiger partial charge in [0.25, 0.3) is 5.22 Å². The van der Waals surface area contributed by atoms with E-state index in [0.717, 1.165) is 27.6 Å². The van der Waals surface area contributed by atoms with Gasteiger partial charge in [0.05, 0.1) is 0 Å². The smallest absolute Gasteiger partial charge is 0.336 e. The van der Waals surface area contributed by atoms with Crippen molar-refractivity contribution in [1.29, 1.82) is 0 Å². The zero-order valence-electron chi connectivity index (χ0n) is 15.7. The highest BCUT2D eigenvalue weighted by atomic mass is 32.2. The van der Waals surface area contributed by atoms with Crippen molar-refractivity contribution in [2.24, 2.45) is 0 Å².